The topological polar surface area (TPSA) is 30.5 Å². The molecule has 1 aliphatic rings. The highest BCUT2D eigenvalue weighted by molar-refractivity contribution is 5.31. The Hall–Kier alpha value is -1.22. The molecule has 0 aliphatic carbocycles. The van der Waals surface area contributed by atoms with Crippen molar-refractivity contribution in [1.29, 1.82) is 0 Å². The van der Waals surface area contributed by atoms with E-state index in [1.165, 1.54) is 0 Å². The largest absolute Gasteiger partial charge is 0.494 e. The van der Waals surface area contributed by atoms with E-state index in [0.717, 1.165) is 24.6 Å². The Morgan fingerprint density at radius 3 is 2.36 bits per heavy atom. The molecule has 1 aromatic rings. The van der Waals surface area contributed by atoms with Crippen LogP contribution in [-0.2, 0) is 0 Å². The minimum Gasteiger partial charge on any atom is -0.494 e. The Labute approximate surface area is 84.0 Å². The zero-order chi connectivity index (χ0) is 9.80. The summed E-state index contributed by atoms with van der Waals surface area (Å²) in [5.41, 5.74) is 0. The summed E-state index contributed by atoms with van der Waals surface area (Å²) in [6, 6.07) is 7.77. The fourth-order valence-electron chi connectivity index (χ4n) is 1.32. The highest BCUT2D eigenvalue weighted by atomic mass is 16.5. The Balaban J connectivity index is 1.91. The summed E-state index contributed by atoms with van der Waals surface area (Å²) < 4.78 is 11.0. The minimum atomic E-state index is 0.341. The van der Waals surface area contributed by atoms with E-state index in [-0.39, 0.29) is 0 Å². The number of rotatable bonds is 4. The van der Waals surface area contributed by atoms with E-state index in [1.54, 1.807) is 0 Å². The van der Waals surface area contributed by atoms with Crippen molar-refractivity contribution in [2.45, 2.75) is 13.0 Å². The first-order valence-corrected chi connectivity index (χ1v) is 4.98. The standard InChI is InChI=1S/C11H15NO2/c1-2-13-9-3-5-10(6-4-9)14-11-7-12-8-11/h3-6,11-12H,2,7-8H2,1H3. The Kier molecular flexibility index (Phi) is 2.89. The molecular weight excluding hydrogens is 178 g/mol. The Morgan fingerprint density at radius 1 is 1.21 bits per heavy atom. The molecule has 0 radical (unpaired) electrons. The predicted octanol–water partition coefficient (Wildman–Crippen LogP) is 1.44. The van der Waals surface area contributed by atoms with Gasteiger partial charge in [0.1, 0.15) is 17.6 Å². The monoisotopic (exact) mass is 193 g/mol. The average Bonchev–Trinajstić information content (AvgIpc) is 2.14. The van der Waals surface area contributed by atoms with Gasteiger partial charge in [-0.15, -0.1) is 0 Å². The highest BCUT2D eigenvalue weighted by Crippen LogP contribution is 2.19. The molecule has 1 N–H and O–H groups in total. The summed E-state index contributed by atoms with van der Waals surface area (Å²) in [7, 11) is 0. The van der Waals surface area contributed by atoms with Gasteiger partial charge < -0.3 is 14.8 Å². The van der Waals surface area contributed by atoms with Crippen LogP contribution in [0.4, 0.5) is 0 Å². The van der Waals surface area contributed by atoms with Gasteiger partial charge >= 0.3 is 0 Å². The summed E-state index contributed by atoms with van der Waals surface area (Å²) in [4.78, 5) is 0. The molecule has 0 amide bonds. The third kappa shape index (κ3) is 2.17. The van der Waals surface area contributed by atoms with E-state index < -0.39 is 0 Å². The quantitative estimate of drug-likeness (QED) is 0.784. The van der Waals surface area contributed by atoms with Gasteiger partial charge in [-0.2, -0.15) is 0 Å². The highest BCUT2D eigenvalue weighted by Gasteiger charge is 2.17. The fourth-order valence-corrected chi connectivity index (χ4v) is 1.32. The SMILES string of the molecule is CCOc1ccc(OC2CNC2)cc1. The minimum absolute atomic E-state index is 0.341. The van der Waals surface area contributed by atoms with Crippen molar-refractivity contribution in [2.24, 2.45) is 0 Å². The first kappa shape index (κ1) is 9.34. The van der Waals surface area contributed by atoms with Crippen molar-refractivity contribution in [3.63, 3.8) is 0 Å². The number of ether oxygens (including phenoxy) is 2. The molecule has 3 heteroatoms. The zero-order valence-electron chi connectivity index (χ0n) is 8.32. The van der Waals surface area contributed by atoms with Crippen LogP contribution in [-0.4, -0.2) is 25.8 Å². The van der Waals surface area contributed by atoms with Crippen LogP contribution < -0.4 is 14.8 Å². The van der Waals surface area contributed by atoms with Gasteiger partial charge in [-0.1, -0.05) is 0 Å². The van der Waals surface area contributed by atoms with Crippen LogP contribution >= 0.6 is 0 Å². The van der Waals surface area contributed by atoms with E-state index in [9.17, 15) is 0 Å². The van der Waals surface area contributed by atoms with Crippen LogP contribution in [0, 0.1) is 0 Å². The van der Waals surface area contributed by atoms with Gasteiger partial charge in [0, 0.05) is 13.1 Å². The number of hydrogen-bond donors (Lipinski definition) is 1. The van der Waals surface area contributed by atoms with Gasteiger partial charge in [-0.05, 0) is 31.2 Å². The maximum Gasteiger partial charge on any atom is 0.123 e. The third-order valence-electron chi connectivity index (χ3n) is 2.18. The summed E-state index contributed by atoms with van der Waals surface area (Å²) >= 11 is 0. The molecule has 1 saturated heterocycles. The Morgan fingerprint density at radius 2 is 1.86 bits per heavy atom. The van der Waals surface area contributed by atoms with E-state index in [1.807, 2.05) is 31.2 Å². The molecule has 3 nitrogen and oxygen atoms in total. The fraction of sp³-hybridized carbons (Fsp3) is 0.455. The lowest BCUT2D eigenvalue weighted by molar-refractivity contribution is 0.142. The maximum absolute atomic E-state index is 5.67. The molecule has 0 saturated carbocycles. The molecular formula is C11H15NO2. The van der Waals surface area contributed by atoms with Crippen molar-refractivity contribution < 1.29 is 9.47 Å². The summed E-state index contributed by atoms with van der Waals surface area (Å²) in [6.07, 6.45) is 0.341. The zero-order valence-corrected chi connectivity index (χ0v) is 8.32. The molecule has 1 fully saturated rings. The normalized spacial score (nSPS) is 16.1. The average molecular weight is 193 g/mol. The van der Waals surface area contributed by atoms with Crippen molar-refractivity contribution in [1.82, 2.24) is 5.32 Å². The van der Waals surface area contributed by atoms with Gasteiger partial charge in [-0.25, -0.2) is 0 Å². The third-order valence-corrected chi connectivity index (χ3v) is 2.18. The second-order valence-electron chi connectivity index (χ2n) is 3.30. The smallest absolute Gasteiger partial charge is 0.123 e. The van der Waals surface area contributed by atoms with E-state index in [0.29, 0.717) is 12.7 Å². The summed E-state index contributed by atoms with van der Waals surface area (Å²) in [6.45, 7) is 4.58. The molecule has 1 heterocycles. The van der Waals surface area contributed by atoms with Crippen LogP contribution in [0.5, 0.6) is 11.5 Å². The number of benzene rings is 1. The molecule has 1 aromatic carbocycles. The molecule has 0 unspecified atom stereocenters. The van der Waals surface area contributed by atoms with Crippen LogP contribution in [0.15, 0.2) is 24.3 Å². The van der Waals surface area contributed by atoms with Crippen molar-refractivity contribution in [2.75, 3.05) is 19.7 Å². The molecule has 0 spiro atoms. The summed E-state index contributed by atoms with van der Waals surface area (Å²) in [5.74, 6) is 1.81. The number of nitrogens with one attached hydrogen (secondary N) is 1. The van der Waals surface area contributed by atoms with Gasteiger partial charge in [0.15, 0.2) is 0 Å². The second-order valence-corrected chi connectivity index (χ2v) is 3.30. The van der Waals surface area contributed by atoms with Crippen LogP contribution in [0.3, 0.4) is 0 Å². The molecule has 0 atom stereocenters. The van der Waals surface area contributed by atoms with Crippen molar-refractivity contribution in [3.05, 3.63) is 24.3 Å². The second kappa shape index (κ2) is 4.33. The van der Waals surface area contributed by atoms with E-state index in [2.05, 4.69) is 5.32 Å². The lowest BCUT2D eigenvalue weighted by atomic mass is 10.2. The van der Waals surface area contributed by atoms with Crippen LogP contribution in [0.25, 0.3) is 0 Å². The van der Waals surface area contributed by atoms with E-state index >= 15 is 0 Å². The van der Waals surface area contributed by atoms with Crippen LogP contribution in [0.1, 0.15) is 6.92 Å². The maximum atomic E-state index is 5.67. The molecule has 0 bridgehead atoms. The van der Waals surface area contributed by atoms with Crippen LogP contribution in [0.2, 0.25) is 0 Å². The van der Waals surface area contributed by atoms with Gasteiger partial charge in [-0.3, -0.25) is 0 Å². The molecule has 14 heavy (non-hydrogen) atoms. The molecule has 1 aliphatic heterocycles. The molecule has 2 rings (SSSR count). The van der Waals surface area contributed by atoms with Crippen molar-refractivity contribution >= 4 is 0 Å². The number of hydrogen-bond acceptors (Lipinski definition) is 3. The molecule has 76 valence electrons. The van der Waals surface area contributed by atoms with Gasteiger partial charge in [0.25, 0.3) is 0 Å². The molecule has 0 aromatic heterocycles. The first-order chi connectivity index (χ1) is 6.88. The Bertz CT molecular complexity index is 280. The van der Waals surface area contributed by atoms with Gasteiger partial charge in [0.2, 0.25) is 0 Å². The summed E-state index contributed by atoms with van der Waals surface area (Å²) in [5, 5.41) is 3.16. The first-order valence-electron chi connectivity index (χ1n) is 4.98. The van der Waals surface area contributed by atoms with Crippen molar-refractivity contribution in [3.8, 4) is 11.5 Å². The lowest BCUT2D eigenvalue weighted by Crippen LogP contribution is -2.50. The predicted molar refractivity (Wildman–Crippen MR) is 54.9 cm³/mol. The van der Waals surface area contributed by atoms with Gasteiger partial charge in [0.05, 0.1) is 6.61 Å². The lowest BCUT2D eigenvalue weighted by Gasteiger charge is -2.27. The van der Waals surface area contributed by atoms with E-state index in [4.69, 9.17) is 9.47 Å².